The Morgan fingerprint density at radius 2 is 1.91 bits per heavy atom. The average molecular weight is 328 g/mol. The number of tetrazole rings is 1. The van der Waals surface area contributed by atoms with Crippen molar-refractivity contribution < 1.29 is 9.18 Å². The minimum absolute atomic E-state index is 0.102. The van der Waals surface area contributed by atoms with Crippen molar-refractivity contribution in [3.8, 4) is 5.69 Å². The van der Waals surface area contributed by atoms with Crippen molar-refractivity contribution in [3.63, 3.8) is 0 Å². The van der Waals surface area contributed by atoms with Gasteiger partial charge in [-0.1, -0.05) is 30.0 Å². The summed E-state index contributed by atoms with van der Waals surface area (Å²) in [5.41, 5.74) is 2.37. The number of carbonyl (C=O) groups is 1. The first kappa shape index (κ1) is 15.4. The fourth-order valence-corrected chi connectivity index (χ4v) is 2.85. The Morgan fingerprint density at radius 3 is 2.65 bits per heavy atom. The van der Waals surface area contributed by atoms with Crippen molar-refractivity contribution in [2.24, 2.45) is 0 Å². The highest BCUT2D eigenvalue weighted by Crippen LogP contribution is 2.21. The highest BCUT2D eigenvalue weighted by atomic mass is 32.2. The van der Waals surface area contributed by atoms with Crippen LogP contribution in [0.2, 0.25) is 0 Å². The molecule has 5 nitrogen and oxygen atoms in total. The molecule has 0 spiro atoms. The molecular weight excluding hydrogens is 315 g/mol. The van der Waals surface area contributed by atoms with Crippen molar-refractivity contribution >= 4 is 17.5 Å². The van der Waals surface area contributed by atoms with Crippen molar-refractivity contribution in [2.45, 2.75) is 12.1 Å². The van der Waals surface area contributed by atoms with Crippen molar-refractivity contribution in [1.82, 2.24) is 20.2 Å². The number of aromatic nitrogens is 4. The number of rotatable bonds is 5. The summed E-state index contributed by atoms with van der Waals surface area (Å²) in [6.07, 6.45) is 0. The lowest BCUT2D eigenvalue weighted by Crippen LogP contribution is -2.05. The van der Waals surface area contributed by atoms with Gasteiger partial charge >= 0.3 is 0 Å². The molecule has 2 aromatic carbocycles. The highest BCUT2D eigenvalue weighted by molar-refractivity contribution is 7.99. The van der Waals surface area contributed by atoms with Gasteiger partial charge in [0, 0.05) is 5.56 Å². The van der Waals surface area contributed by atoms with E-state index >= 15 is 0 Å². The third-order valence-electron chi connectivity index (χ3n) is 3.28. The van der Waals surface area contributed by atoms with Gasteiger partial charge in [-0.15, -0.1) is 5.10 Å². The summed E-state index contributed by atoms with van der Waals surface area (Å²) < 4.78 is 14.5. The van der Waals surface area contributed by atoms with Crippen LogP contribution in [-0.2, 0) is 0 Å². The van der Waals surface area contributed by atoms with Crippen LogP contribution in [0.5, 0.6) is 0 Å². The van der Waals surface area contributed by atoms with E-state index < -0.39 is 0 Å². The summed E-state index contributed by atoms with van der Waals surface area (Å²) in [5.74, 6) is -0.287. The zero-order valence-electron chi connectivity index (χ0n) is 12.3. The number of hydrogen-bond acceptors (Lipinski definition) is 5. The van der Waals surface area contributed by atoms with Crippen LogP contribution >= 0.6 is 11.8 Å². The molecule has 7 heteroatoms. The zero-order valence-corrected chi connectivity index (χ0v) is 13.1. The van der Waals surface area contributed by atoms with Crippen molar-refractivity contribution in [3.05, 3.63) is 65.5 Å². The van der Waals surface area contributed by atoms with E-state index in [0.29, 0.717) is 10.7 Å². The Kier molecular flexibility index (Phi) is 4.47. The van der Waals surface area contributed by atoms with E-state index in [1.807, 2.05) is 31.2 Å². The molecule has 0 aliphatic heterocycles. The van der Waals surface area contributed by atoms with E-state index in [0.717, 1.165) is 11.3 Å². The Labute approximate surface area is 136 Å². The Hall–Kier alpha value is -2.54. The maximum Gasteiger partial charge on any atom is 0.214 e. The van der Waals surface area contributed by atoms with Crippen LogP contribution in [0.15, 0.2) is 53.7 Å². The molecule has 116 valence electrons. The topological polar surface area (TPSA) is 60.7 Å². The van der Waals surface area contributed by atoms with Gasteiger partial charge in [0.2, 0.25) is 5.16 Å². The third-order valence-corrected chi connectivity index (χ3v) is 4.20. The molecule has 0 saturated carbocycles. The number of Topliss-reactive ketones (excluding diaryl/α,β-unsaturated/α-hetero) is 1. The first-order valence-corrected chi connectivity index (χ1v) is 7.89. The normalized spacial score (nSPS) is 10.7. The van der Waals surface area contributed by atoms with Crippen molar-refractivity contribution in [2.75, 3.05) is 5.75 Å². The minimum Gasteiger partial charge on any atom is -0.293 e. The minimum atomic E-state index is -0.363. The summed E-state index contributed by atoms with van der Waals surface area (Å²) >= 11 is 1.25. The molecule has 0 saturated heterocycles. The van der Waals surface area contributed by atoms with Gasteiger partial charge in [-0.3, -0.25) is 4.79 Å². The number of halogens is 1. The van der Waals surface area contributed by atoms with Gasteiger partial charge in [-0.25, -0.2) is 4.39 Å². The molecule has 0 bridgehead atoms. The lowest BCUT2D eigenvalue weighted by Gasteiger charge is -2.06. The van der Waals surface area contributed by atoms with Crippen LogP contribution in [0.4, 0.5) is 4.39 Å². The summed E-state index contributed by atoms with van der Waals surface area (Å²) in [4.78, 5) is 12.1. The molecule has 0 amide bonds. The summed E-state index contributed by atoms with van der Waals surface area (Å²) in [7, 11) is 0. The van der Waals surface area contributed by atoms with E-state index in [1.165, 1.54) is 36.0 Å². The number of hydrogen-bond donors (Lipinski definition) is 0. The van der Waals surface area contributed by atoms with Crippen LogP contribution in [0.3, 0.4) is 0 Å². The van der Waals surface area contributed by atoms with E-state index in [4.69, 9.17) is 0 Å². The first-order chi connectivity index (χ1) is 11.1. The van der Waals surface area contributed by atoms with Gasteiger partial charge in [0.15, 0.2) is 5.78 Å². The van der Waals surface area contributed by atoms with Crippen molar-refractivity contribution in [1.29, 1.82) is 0 Å². The van der Waals surface area contributed by atoms with E-state index in [-0.39, 0.29) is 17.4 Å². The Balaban J connectivity index is 1.75. The second kappa shape index (κ2) is 6.70. The largest absolute Gasteiger partial charge is 0.293 e. The van der Waals surface area contributed by atoms with E-state index in [9.17, 15) is 9.18 Å². The van der Waals surface area contributed by atoms with Gasteiger partial charge in [-0.2, -0.15) is 4.68 Å². The maximum absolute atomic E-state index is 12.9. The van der Waals surface area contributed by atoms with Gasteiger partial charge in [0.1, 0.15) is 5.82 Å². The van der Waals surface area contributed by atoms with Crippen LogP contribution in [-0.4, -0.2) is 31.7 Å². The molecule has 0 fully saturated rings. The van der Waals surface area contributed by atoms with Crippen LogP contribution in [0, 0.1) is 12.7 Å². The molecule has 3 aromatic rings. The lowest BCUT2D eigenvalue weighted by molar-refractivity contribution is 0.102. The third kappa shape index (κ3) is 3.45. The molecule has 0 aliphatic rings. The molecule has 0 radical (unpaired) electrons. The first-order valence-electron chi connectivity index (χ1n) is 6.91. The SMILES string of the molecule is Cc1ccccc1-n1nnnc1SCC(=O)c1ccc(F)cc1. The smallest absolute Gasteiger partial charge is 0.214 e. The molecule has 0 N–H and O–H groups in total. The molecule has 3 rings (SSSR count). The summed E-state index contributed by atoms with van der Waals surface area (Å²) in [5, 5.41) is 12.2. The molecular formula is C16H13FN4OS. The molecule has 1 heterocycles. The molecule has 1 aromatic heterocycles. The van der Waals surface area contributed by atoms with Crippen LogP contribution in [0.25, 0.3) is 5.69 Å². The number of aryl methyl sites for hydroxylation is 1. The Morgan fingerprint density at radius 1 is 1.17 bits per heavy atom. The molecule has 0 atom stereocenters. The molecule has 23 heavy (non-hydrogen) atoms. The second-order valence-electron chi connectivity index (χ2n) is 4.88. The second-order valence-corrected chi connectivity index (χ2v) is 5.82. The number of thioether (sulfide) groups is 1. The number of carbonyl (C=O) groups excluding carboxylic acids is 1. The van der Waals surface area contributed by atoms with Gasteiger partial charge in [0.25, 0.3) is 0 Å². The number of ketones is 1. The monoisotopic (exact) mass is 328 g/mol. The van der Waals surface area contributed by atoms with Crippen LogP contribution in [0.1, 0.15) is 15.9 Å². The lowest BCUT2D eigenvalue weighted by atomic mass is 10.1. The number of benzene rings is 2. The molecule has 0 unspecified atom stereocenters. The summed E-state index contributed by atoms with van der Waals surface area (Å²) in [6.45, 7) is 1.97. The predicted octanol–water partition coefficient (Wildman–Crippen LogP) is 3.08. The van der Waals surface area contributed by atoms with E-state index in [2.05, 4.69) is 15.5 Å². The average Bonchev–Trinajstić information content (AvgIpc) is 3.02. The quantitative estimate of drug-likeness (QED) is 0.532. The molecule has 0 aliphatic carbocycles. The standard InChI is InChI=1S/C16H13FN4OS/c1-11-4-2-3-5-14(11)21-16(18-19-20-21)23-10-15(22)12-6-8-13(17)9-7-12/h2-9H,10H2,1H3. The highest BCUT2D eigenvalue weighted by Gasteiger charge is 2.13. The number of para-hydroxylation sites is 1. The maximum atomic E-state index is 12.9. The van der Waals surface area contributed by atoms with E-state index in [1.54, 1.807) is 4.68 Å². The zero-order chi connectivity index (χ0) is 16.2. The predicted molar refractivity (Wildman–Crippen MR) is 85.3 cm³/mol. The van der Waals surface area contributed by atoms with Gasteiger partial charge in [0.05, 0.1) is 11.4 Å². The fourth-order valence-electron chi connectivity index (χ4n) is 2.07. The Bertz CT molecular complexity index is 832. The number of nitrogens with zero attached hydrogens (tertiary/aromatic N) is 4. The van der Waals surface area contributed by atoms with Crippen LogP contribution < -0.4 is 0 Å². The van der Waals surface area contributed by atoms with Gasteiger partial charge in [-0.05, 0) is 53.2 Å². The summed E-state index contributed by atoms with van der Waals surface area (Å²) in [6, 6.07) is 13.2. The van der Waals surface area contributed by atoms with Gasteiger partial charge < -0.3 is 0 Å². The fraction of sp³-hybridized carbons (Fsp3) is 0.125.